The van der Waals surface area contributed by atoms with Crippen molar-refractivity contribution in [3.05, 3.63) is 77.5 Å². The van der Waals surface area contributed by atoms with Crippen LogP contribution in [0.15, 0.2) is 60.7 Å². The second-order valence-corrected chi connectivity index (χ2v) is 5.63. The van der Waals surface area contributed by atoms with E-state index in [4.69, 9.17) is 0 Å². The summed E-state index contributed by atoms with van der Waals surface area (Å²) in [6, 6.07) is 20.3. The van der Waals surface area contributed by atoms with Crippen molar-refractivity contribution in [2.45, 2.75) is 20.8 Å². The standard InChI is InChI=1S/C20H20N2O/c1-14-15(2)20(21-16(3)19(14)23)22(17-10-6-4-7-11-17)18-12-8-5-9-13-18/h4-13,23H,1-3H3. The molecule has 0 saturated carbocycles. The van der Waals surface area contributed by atoms with Gasteiger partial charge in [-0.1, -0.05) is 36.4 Å². The number of benzene rings is 2. The van der Waals surface area contributed by atoms with Gasteiger partial charge in [0.15, 0.2) is 0 Å². The molecule has 0 spiro atoms. The van der Waals surface area contributed by atoms with E-state index in [1.54, 1.807) is 0 Å². The fourth-order valence-electron chi connectivity index (χ4n) is 2.68. The summed E-state index contributed by atoms with van der Waals surface area (Å²) in [5.41, 5.74) is 4.56. The van der Waals surface area contributed by atoms with Gasteiger partial charge in [0.1, 0.15) is 11.6 Å². The van der Waals surface area contributed by atoms with Gasteiger partial charge in [0, 0.05) is 11.4 Å². The Hall–Kier alpha value is -2.81. The minimum atomic E-state index is 0.271. The highest BCUT2D eigenvalue weighted by Crippen LogP contribution is 2.38. The first-order chi connectivity index (χ1) is 11.1. The lowest BCUT2D eigenvalue weighted by atomic mass is 10.1. The molecule has 0 radical (unpaired) electrons. The number of anilines is 3. The molecule has 116 valence electrons. The van der Waals surface area contributed by atoms with Crippen LogP contribution in [0.5, 0.6) is 5.75 Å². The van der Waals surface area contributed by atoms with Gasteiger partial charge in [0.25, 0.3) is 0 Å². The molecule has 0 fully saturated rings. The lowest BCUT2D eigenvalue weighted by molar-refractivity contribution is 0.463. The number of aromatic nitrogens is 1. The molecule has 0 amide bonds. The van der Waals surface area contributed by atoms with E-state index < -0.39 is 0 Å². The second-order valence-electron chi connectivity index (χ2n) is 5.63. The summed E-state index contributed by atoms with van der Waals surface area (Å²) >= 11 is 0. The summed E-state index contributed by atoms with van der Waals surface area (Å²) in [5.74, 6) is 1.11. The SMILES string of the molecule is Cc1nc(N(c2ccccc2)c2ccccc2)c(C)c(C)c1O. The molecule has 23 heavy (non-hydrogen) atoms. The molecule has 1 aromatic heterocycles. The third kappa shape index (κ3) is 2.78. The molecule has 0 bridgehead atoms. The summed E-state index contributed by atoms with van der Waals surface area (Å²) in [7, 11) is 0. The number of para-hydroxylation sites is 2. The van der Waals surface area contributed by atoms with Gasteiger partial charge in [-0.05, 0) is 56.2 Å². The highest BCUT2D eigenvalue weighted by atomic mass is 16.3. The third-order valence-corrected chi connectivity index (χ3v) is 4.11. The van der Waals surface area contributed by atoms with Crippen LogP contribution < -0.4 is 4.90 Å². The zero-order valence-electron chi connectivity index (χ0n) is 13.6. The Morgan fingerprint density at radius 2 is 1.22 bits per heavy atom. The van der Waals surface area contributed by atoms with E-state index in [0.717, 1.165) is 28.3 Å². The smallest absolute Gasteiger partial charge is 0.141 e. The van der Waals surface area contributed by atoms with Gasteiger partial charge in [-0.3, -0.25) is 4.90 Å². The van der Waals surface area contributed by atoms with Crippen molar-refractivity contribution in [3.63, 3.8) is 0 Å². The Bertz CT molecular complexity index is 775. The van der Waals surface area contributed by atoms with Crippen molar-refractivity contribution in [2.24, 2.45) is 0 Å². The van der Waals surface area contributed by atoms with Crippen molar-refractivity contribution in [1.82, 2.24) is 4.98 Å². The molecule has 1 N–H and O–H groups in total. The number of hydrogen-bond acceptors (Lipinski definition) is 3. The quantitative estimate of drug-likeness (QED) is 0.724. The van der Waals surface area contributed by atoms with Crippen LogP contribution in [0.3, 0.4) is 0 Å². The van der Waals surface area contributed by atoms with Crippen molar-refractivity contribution in [3.8, 4) is 5.75 Å². The van der Waals surface area contributed by atoms with E-state index >= 15 is 0 Å². The van der Waals surface area contributed by atoms with Crippen LogP contribution in [0.25, 0.3) is 0 Å². The van der Waals surface area contributed by atoms with Crippen molar-refractivity contribution < 1.29 is 5.11 Å². The van der Waals surface area contributed by atoms with Gasteiger partial charge in [-0.25, -0.2) is 4.98 Å². The lowest BCUT2D eigenvalue weighted by Crippen LogP contribution is -2.14. The molecule has 0 atom stereocenters. The molecule has 0 aliphatic carbocycles. The Morgan fingerprint density at radius 3 is 1.70 bits per heavy atom. The first-order valence-corrected chi connectivity index (χ1v) is 7.66. The second kappa shape index (κ2) is 6.13. The third-order valence-electron chi connectivity index (χ3n) is 4.11. The molecular formula is C20H20N2O. The first-order valence-electron chi connectivity index (χ1n) is 7.66. The van der Waals surface area contributed by atoms with Crippen molar-refractivity contribution in [2.75, 3.05) is 4.90 Å². The van der Waals surface area contributed by atoms with E-state index in [1.165, 1.54) is 0 Å². The molecule has 1 heterocycles. The zero-order chi connectivity index (χ0) is 16.4. The molecule has 0 aliphatic heterocycles. The van der Waals surface area contributed by atoms with E-state index in [2.05, 4.69) is 34.1 Å². The Labute approximate surface area is 136 Å². The molecule has 0 unspecified atom stereocenters. The fraction of sp³-hybridized carbons (Fsp3) is 0.150. The van der Waals surface area contributed by atoms with Crippen LogP contribution in [0.4, 0.5) is 17.2 Å². The molecule has 2 aromatic carbocycles. The minimum absolute atomic E-state index is 0.271. The molecule has 0 aliphatic rings. The number of hydrogen-bond donors (Lipinski definition) is 1. The predicted octanol–water partition coefficient (Wildman–Crippen LogP) is 5.18. The average Bonchev–Trinajstić information content (AvgIpc) is 2.60. The van der Waals surface area contributed by atoms with E-state index in [0.29, 0.717) is 5.69 Å². The topological polar surface area (TPSA) is 36.4 Å². The van der Waals surface area contributed by atoms with Crippen LogP contribution in [0.1, 0.15) is 16.8 Å². The average molecular weight is 304 g/mol. The van der Waals surface area contributed by atoms with Crippen molar-refractivity contribution in [1.29, 1.82) is 0 Å². The maximum atomic E-state index is 10.2. The largest absolute Gasteiger partial charge is 0.506 e. The van der Waals surface area contributed by atoms with Gasteiger partial charge in [0.2, 0.25) is 0 Å². The number of pyridine rings is 1. The van der Waals surface area contributed by atoms with Gasteiger partial charge in [-0.15, -0.1) is 0 Å². The monoisotopic (exact) mass is 304 g/mol. The molecule has 3 aromatic rings. The van der Waals surface area contributed by atoms with Crippen molar-refractivity contribution >= 4 is 17.2 Å². The van der Waals surface area contributed by atoms with E-state index in [9.17, 15) is 5.11 Å². The minimum Gasteiger partial charge on any atom is -0.506 e. The first kappa shape index (κ1) is 15.1. The normalized spacial score (nSPS) is 10.6. The van der Waals surface area contributed by atoms with Crippen LogP contribution in [0.2, 0.25) is 0 Å². The highest BCUT2D eigenvalue weighted by Gasteiger charge is 2.19. The molecule has 3 nitrogen and oxygen atoms in total. The maximum Gasteiger partial charge on any atom is 0.141 e. The summed E-state index contributed by atoms with van der Waals surface area (Å²) in [4.78, 5) is 6.78. The molecular weight excluding hydrogens is 284 g/mol. The molecule has 0 saturated heterocycles. The Morgan fingerprint density at radius 1 is 0.739 bits per heavy atom. The number of nitrogens with zero attached hydrogens (tertiary/aromatic N) is 2. The number of aryl methyl sites for hydroxylation is 1. The molecule has 3 rings (SSSR count). The zero-order valence-corrected chi connectivity index (χ0v) is 13.6. The van der Waals surface area contributed by atoms with Gasteiger partial charge in [-0.2, -0.15) is 0 Å². The van der Waals surface area contributed by atoms with E-state index in [-0.39, 0.29) is 5.75 Å². The van der Waals surface area contributed by atoms with Crippen LogP contribution in [-0.4, -0.2) is 10.1 Å². The summed E-state index contributed by atoms with van der Waals surface area (Å²) in [6.07, 6.45) is 0. The van der Waals surface area contributed by atoms with Crippen LogP contribution >= 0.6 is 0 Å². The van der Waals surface area contributed by atoms with Gasteiger partial charge >= 0.3 is 0 Å². The lowest BCUT2D eigenvalue weighted by Gasteiger charge is -2.27. The summed E-state index contributed by atoms with van der Waals surface area (Å²) in [6.45, 7) is 5.76. The fourth-order valence-corrected chi connectivity index (χ4v) is 2.68. The molecule has 3 heteroatoms. The number of rotatable bonds is 3. The predicted molar refractivity (Wildman–Crippen MR) is 94.8 cm³/mol. The highest BCUT2D eigenvalue weighted by molar-refractivity contribution is 5.77. The maximum absolute atomic E-state index is 10.2. The summed E-state index contributed by atoms with van der Waals surface area (Å²) in [5, 5.41) is 10.2. The van der Waals surface area contributed by atoms with Crippen LogP contribution in [0, 0.1) is 20.8 Å². The number of aromatic hydroxyl groups is 1. The van der Waals surface area contributed by atoms with E-state index in [1.807, 2.05) is 57.2 Å². The Balaban J connectivity index is 2.26. The Kier molecular flexibility index (Phi) is 4.02. The summed E-state index contributed by atoms with van der Waals surface area (Å²) < 4.78 is 0. The van der Waals surface area contributed by atoms with Gasteiger partial charge < -0.3 is 5.11 Å². The van der Waals surface area contributed by atoms with Crippen LogP contribution in [-0.2, 0) is 0 Å². The van der Waals surface area contributed by atoms with Gasteiger partial charge in [0.05, 0.1) is 5.69 Å².